The summed E-state index contributed by atoms with van der Waals surface area (Å²) >= 11 is 0. The summed E-state index contributed by atoms with van der Waals surface area (Å²) in [5.74, 6) is 0.264. The van der Waals surface area contributed by atoms with E-state index in [4.69, 9.17) is 5.73 Å². The minimum absolute atomic E-state index is 0.0189. The highest BCUT2D eigenvalue weighted by Gasteiger charge is 2.47. The van der Waals surface area contributed by atoms with Crippen molar-refractivity contribution in [2.24, 2.45) is 0 Å². The SMILES string of the molecule is CCCCCC[C@@]1(C)NC(=O)N(Cc2nc(N)nc(Nc3ccccc3C)n2)C1=O. The molecule has 1 saturated heterocycles. The van der Waals surface area contributed by atoms with Gasteiger partial charge in [0.25, 0.3) is 5.91 Å². The second-order valence-corrected chi connectivity index (χ2v) is 7.84. The number of nitrogens with one attached hydrogen (secondary N) is 2. The number of carbonyl (C=O) groups excluding carboxylic acids is 2. The van der Waals surface area contributed by atoms with Crippen LogP contribution in [0.25, 0.3) is 0 Å². The highest BCUT2D eigenvalue weighted by molar-refractivity contribution is 6.06. The molecule has 30 heavy (non-hydrogen) atoms. The summed E-state index contributed by atoms with van der Waals surface area (Å²) in [6.45, 7) is 5.80. The number of nitrogens with two attached hydrogens (primary N) is 1. The number of imide groups is 1. The van der Waals surface area contributed by atoms with Crippen LogP contribution >= 0.6 is 0 Å². The van der Waals surface area contributed by atoms with Crippen molar-refractivity contribution in [3.05, 3.63) is 35.7 Å². The first-order valence-electron chi connectivity index (χ1n) is 10.3. The highest BCUT2D eigenvalue weighted by atomic mass is 16.2. The molecule has 9 heteroatoms. The predicted molar refractivity (Wildman–Crippen MR) is 115 cm³/mol. The number of carbonyl (C=O) groups is 2. The van der Waals surface area contributed by atoms with Crippen LogP contribution in [0.3, 0.4) is 0 Å². The van der Waals surface area contributed by atoms with Crippen molar-refractivity contribution in [3.8, 4) is 0 Å². The fourth-order valence-electron chi connectivity index (χ4n) is 3.51. The van der Waals surface area contributed by atoms with Crippen LogP contribution in [-0.4, -0.2) is 37.3 Å². The number of rotatable bonds is 9. The Morgan fingerprint density at radius 2 is 1.90 bits per heavy atom. The molecule has 0 bridgehead atoms. The molecule has 4 N–H and O–H groups in total. The van der Waals surface area contributed by atoms with Crippen molar-refractivity contribution in [3.63, 3.8) is 0 Å². The third-order valence-electron chi connectivity index (χ3n) is 5.27. The molecule has 1 aromatic heterocycles. The van der Waals surface area contributed by atoms with Gasteiger partial charge in [-0.1, -0.05) is 50.8 Å². The molecule has 9 nitrogen and oxygen atoms in total. The Morgan fingerprint density at radius 3 is 2.63 bits per heavy atom. The lowest BCUT2D eigenvalue weighted by Crippen LogP contribution is -2.43. The molecular formula is C21H29N7O2. The summed E-state index contributed by atoms with van der Waals surface area (Å²) in [6, 6.07) is 7.25. The number of nitrogen functional groups attached to an aromatic ring is 1. The molecule has 0 aliphatic carbocycles. The molecule has 0 saturated carbocycles. The molecule has 1 aliphatic heterocycles. The Bertz CT molecular complexity index is 933. The molecule has 1 aromatic carbocycles. The third-order valence-corrected chi connectivity index (χ3v) is 5.27. The topological polar surface area (TPSA) is 126 Å². The summed E-state index contributed by atoms with van der Waals surface area (Å²) < 4.78 is 0. The van der Waals surface area contributed by atoms with E-state index >= 15 is 0 Å². The molecule has 1 fully saturated rings. The number of hydrogen-bond acceptors (Lipinski definition) is 7. The number of benzene rings is 1. The summed E-state index contributed by atoms with van der Waals surface area (Å²) in [5, 5.41) is 5.93. The zero-order valence-electron chi connectivity index (χ0n) is 17.7. The average Bonchev–Trinajstić information content (AvgIpc) is 2.90. The lowest BCUT2D eigenvalue weighted by Gasteiger charge is -2.21. The van der Waals surface area contributed by atoms with Gasteiger partial charge in [-0.05, 0) is 31.9 Å². The van der Waals surface area contributed by atoms with E-state index < -0.39 is 11.6 Å². The van der Waals surface area contributed by atoms with Gasteiger partial charge in [0, 0.05) is 5.69 Å². The van der Waals surface area contributed by atoms with Crippen LogP contribution in [0, 0.1) is 6.92 Å². The van der Waals surface area contributed by atoms with Crippen LogP contribution in [0.4, 0.5) is 22.4 Å². The van der Waals surface area contributed by atoms with E-state index in [1.807, 2.05) is 31.2 Å². The molecule has 1 atom stereocenters. The molecule has 2 heterocycles. The van der Waals surface area contributed by atoms with Gasteiger partial charge in [0.05, 0.1) is 6.54 Å². The lowest BCUT2D eigenvalue weighted by molar-refractivity contribution is -0.131. The number of amides is 3. The number of aromatic nitrogens is 3. The number of unbranched alkanes of at least 4 members (excludes halogenated alkanes) is 3. The smallest absolute Gasteiger partial charge is 0.325 e. The quantitative estimate of drug-likeness (QED) is 0.427. The van der Waals surface area contributed by atoms with E-state index in [1.54, 1.807) is 6.92 Å². The normalized spacial score (nSPS) is 18.6. The zero-order chi connectivity index (χ0) is 21.7. The minimum atomic E-state index is -0.897. The van der Waals surface area contributed by atoms with E-state index in [0.717, 1.165) is 41.8 Å². The molecule has 160 valence electrons. The van der Waals surface area contributed by atoms with Crippen molar-refractivity contribution < 1.29 is 9.59 Å². The average molecular weight is 412 g/mol. The van der Waals surface area contributed by atoms with Gasteiger partial charge in [-0.3, -0.25) is 9.69 Å². The zero-order valence-corrected chi connectivity index (χ0v) is 17.7. The van der Waals surface area contributed by atoms with E-state index in [0.29, 0.717) is 6.42 Å². The Hall–Kier alpha value is -3.23. The molecule has 3 amide bonds. The molecule has 3 rings (SSSR count). The number of para-hydroxylation sites is 1. The van der Waals surface area contributed by atoms with Crippen molar-refractivity contribution in [1.29, 1.82) is 0 Å². The number of urea groups is 1. The van der Waals surface area contributed by atoms with Gasteiger partial charge < -0.3 is 16.4 Å². The Kier molecular flexibility index (Phi) is 6.49. The molecular weight excluding hydrogens is 382 g/mol. The van der Waals surface area contributed by atoms with Gasteiger partial charge in [-0.2, -0.15) is 15.0 Å². The van der Waals surface area contributed by atoms with Crippen molar-refractivity contribution in [1.82, 2.24) is 25.2 Å². The van der Waals surface area contributed by atoms with Gasteiger partial charge >= 0.3 is 6.03 Å². The maximum atomic E-state index is 12.9. The van der Waals surface area contributed by atoms with Gasteiger partial charge in [0.2, 0.25) is 11.9 Å². The van der Waals surface area contributed by atoms with E-state index in [9.17, 15) is 9.59 Å². The Balaban J connectivity index is 1.72. The van der Waals surface area contributed by atoms with Crippen LogP contribution < -0.4 is 16.4 Å². The fraction of sp³-hybridized carbons (Fsp3) is 0.476. The summed E-state index contributed by atoms with van der Waals surface area (Å²) in [7, 11) is 0. The summed E-state index contributed by atoms with van der Waals surface area (Å²) in [6.07, 6.45) is 4.75. The van der Waals surface area contributed by atoms with Crippen LogP contribution in [0.1, 0.15) is 57.3 Å². The first-order valence-corrected chi connectivity index (χ1v) is 10.3. The van der Waals surface area contributed by atoms with Crippen LogP contribution in [-0.2, 0) is 11.3 Å². The predicted octanol–water partition coefficient (Wildman–Crippen LogP) is 3.29. The standard InChI is InChI=1S/C21H29N7O2/c1-4-5-6-9-12-21(3)17(29)28(20(30)27-21)13-16-24-18(22)26-19(25-16)23-15-11-8-7-10-14(15)2/h7-8,10-11H,4-6,9,12-13H2,1-3H3,(H,27,30)(H3,22,23,24,25,26)/t21-/m1/s1. The van der Waals surface area contributed by atoms with E-state index in [2.05, 4.69) is 32.5 Å². The minimum Gasteiger partial charge on any atom is -0.368 e. The van der Waals surface area contributed by atoms with Gasteiger partial charge in [0.1, 0.15) is 5.54 Å². The van der Waals surface area contributed by atoms with E-state index in [-0.39, 0.29) is 30.2 Å². The summed E-state index contributed by atoms with van der Waals surface area (Å²) in [4.78, 5) is 39.1. The van der Waals surface area contributed by atoms with Crippen molar-refractivity contribution in [2.45, 2.75) is 65.0 Å². The lowest BCUT2D eigenvalue weighted by atomic mass is 9.94. The first kappa shape index (κ1) is 21.5. The second kappa shape index (κ2) is 9.06. The van der Waals surface area contributed by atoms with E-state index in [1.165, 1.54) is 0 Å². The maximum absolute atomic E-state index is 12.9. The third kappa shape index (κ3) is 4.84. The molecule has 0 unspecified atom stereocenters. The van der Waals surface area contributed by atoms with Crippen LogP contribution in [0.2, 0.25) is 0 Å². The first-order chi connectivity index (χ1) is 14.3. The van der Waals surface area contributed by atoms with Crippen LogP contribution in [0.15, 0.2) is 24.3 Å². The van der Waals surface area contributed by atoms with Gasteiger partial charge in [-0.15, -0.1) is 0 Å². The van der Waals surface area contributed by atoms with Crippen molar-refractivity contribution >= 4 is 29.5 Å². The second-order valence-electron chi connectivity index (χ2n) is 7.84. The fourth-order valence-corrected chi connectivity index (χ4v) is 3.51. The Labute approximate surface area is 176 Å². The van der Waals surface area contributed by atoms with Gasteiger partial charge in [0.15, 0.2) is 5.82 Å². The molecule has 0 spiro atoms. The van der Waals surface area contributed by atoms with Gasteiger partial charge in [-0.25, -0.2) is 4.79 Å². The number of hydrogen-bond donors (Lipinski definition) is 3. The molecule has 0 radical (unpaired) electrons. The monoisotopic (exact) mass is 411 g/mol. The molecule has 2 aromatic rings. The highest BCUT2D eigenvalue weighted by Crippen LogP contribution is 2.25. The molecule has 1 aliphatic rings. The van der Waals surface area contributed by atoms with Crippen molar-refractivity contribution in [2.75, 3.05) is 11.1 Å². The largest absolute Gasteiger partial charge is 0.368 e. The number of aryl methyl sites for hydroxylation is 1. The number of nitrogens with zero attached hydrogens (tertiary/aromatic N) is 4. The number of anilines is 3. The summed E-state index contributed by atoms with van der Waals surface area (Å²) in [5.41, 5.74) is 6.79. The maximum Gasteiger partial charge on any atom is 0.325 e. The Morgan fingerprint density at radius 1 is 1.13 bits per heavy atom. The van der Waals surface area contributed by atoms with Crippen LogP contribution in [0.5, 0.6) is 0 Å².